The molecule has 0 saturated carbocycles. The van der Waals surface area contributed by atoms with Crippen LogP contribution in [0.5, 0.6) is 0 Å². The van der Waals surface area contributed by atoms with E-state index in [0.717, 1.165) is 11.3 Å². The van der Waals surface area contributed by atoms with E-state index in [1.54, 1.807) is 18.2 Å². The van der Waals surface area contributed by atoms with Crippen LogP contribution < -0.4 is 9.96 Å². The summed E-state index contributed by atoms with van der Waals surface area (Å²) in [4.78, 5) is 12.5. The van der Waals surface area contributed by atoms with Crippen LogP contribution in [0.4, 0.5) is 11.6 Å². The number of nitrogens with one attached hydrogen (secondary N) is 1. The molecule has 128 valence electrons. The summed E-state index contributed by atoms with van der Waals surface area (Å²) in [7, 11) is 0. The van der Waals surface area contributed by atoms with E-state index in [-0.39, 0.29) is 17.2 Å². The molecule has 2 aromatic rings. The number of aryl methyl sites for hydroxylation is 1. The number of carbonyl (C=O) groups is 1. The van der Waals surface area contributed by atoms with Crippen LogP contribution in [0.3, 0.4) is 0 Å². The Hall–Kier alpha value is -2.18. The van der Waals surface area contributed by atoms with Crippen LogP contribution in [-0.4, -0.2) is 23.7 Å². The van der Waals surface area contributed by atoms with Crippen molar-refractivity contribution in [2.75, 3.05) is 11.9 Å². The van der Waals surface area contributed by atoms with Gasteiger partial charge in [0.1, 0.15) is 5.69 Å². The molecular formula is C18H23N3O3. The summed E-state index contributed by atoms with van der Waals surface area (Å²) >= 11 is 0. The van der Waals surface area contributed by atoms with Gasteiger partial charge in [-0.15, -0.1) is 0 Å². The average Bonchev–Trinajstić information content (AvgIpc) is 2.94. The van der Waals surface area contributed by atoms with E-state index < -0.39 is 10.7 Å². The van der Waals surface area contributed by atoms with Crippen molar-refractivity contribution in [2.45, 2.75) is 45.6 Å². The van der Waals surface area contributed by atoms with E-state index in [9.17, 15) is 10.0 Å². The van der Waals surface area contributed by atoms with Crippen molar-refractivity contribution >= 4 is 17.5 Å². The minimum absolute atomic E-state index is 0.163. The van der Waals surface area contributed by atoms with Gasteiger partial charge < -0.3 is 14.4 Å². The molecule has 1 aliphatic heterocycles. The summed E-state index contributed by atoms with van der Waals surface area (Å²) in [5.74, 6) is -0.0410. The van der Waals surface area contributed by atoms with Gasteiger partial charge in [-0.25, -0.2) is 0 Å². The van der Waals surface area contributed by atoms with Crippen molar-refractivity contribution in [2.24, 2.45) is 0 Å². The standard InChI is InChI=1S/C18H23N3O3/c1-12-5-7-13(8-6-12)21(23)10-9-14(21)17(22)19-16-11-15(20-24-16)18(2,3)4/h5-8,11,14H,9-10H2,1-4H3,(H,19,22)/t14-,21?/m0/s1. The fourth-order valence-corrected chi connectivity index (χ4v) is 2.81. The maximum Gasteiger partial charge on any atom is 0.286 e. The number of nitrogens with zero attached hydrogens (tertiary/aromatic N) is 2. The van der Waals surface area contributed by atoms with E-state index in [4.69, 9.17) is 4.52 Å². The van der Waals surface area contributed by atoms with E-state index in [2.05, 4.69) is 10.5 Å². The number of carbonyl (C=O) groups excluding carboxylic acids is 1. The van der Waals surface area contributed by atoms with Crippen molar-refractivity contribution < 1.29 is 9.32 Å². The Morgan fingerprint density at radius 3 is 2.50 bits per heavy atom. The molecule has 1 aromatic heterocycles. The molecule has 6 heteroatoms. The first kappa shape index (κ1) is 16.7. The van der Waals surface area contributed by atoms with Gasteiger partial charge in [0, 0.05) is 11.5 Å². The normalized spacial score (nSPS) is 23.6. The minimum Gasteiger partial charge on any atom is -0.627 e. The summed E-state index contributed by atoms with van der Waals surface area (Å²) in [6, 6.07) is 8.44. The monoisotopic (exact) mass is 329 g/mol. The zero-order valence-electron chi connectivity index (χ0n) is 14.5. The molecule has 1 aromatic carbocycles. The maximum absolute atomic E-state index is 13.0. The summed E-state index contributed by atoms with van der Waals surface area (Å²) < 4.78 is 4.56. The van der Waals surface area contributed by atoms with Gasteiger partial charge in [0.05, 0.1) is 18.7 Å². The lowest BCUT2D eigenvalue weighted by Crippen LogP contribution is -2.66. The molecule has 24 heavy (non-hydrogen) atoms. The highest BCUT2D eigenvalue weighted by Gasteiger charge is 2.46. The third kappa shape index (κ3) is 2.95. The van der Waals surface area contributed by atoms with Gasteiger partial charge in [0.25, 0.3) is 5.91 Å². The predicted molar refractivity (Wildman–Crippen MR) is 93.4 cm³/mol. The number of benzene rings is 1. The zero-order chi connectivity index (χ0) is 17.5. The number of quaternary nitrogens is 1. The Morgan fingerprint density at radius 1 is 1.33 bits per heavy atom. The topological polar surface area (TPSA) is 78.2 Å². The average molecular weight is 329 g/mol. The maximum atomic E-state index is 13.0. The van der Waals surface area contributed by atoms with Crippen LogP contribution in [0.25, 0.3) is 0 Å². The van der Waals surface area contributed by atoms with Gasteiger partial charge in [-0.05, 0) is 19.1 Å². The van der Waals surface area contributed by atoms with Crippen LogP contribution in [0.2, 0.25) is 0 Å². The second kappa shape index (κ2) is 5.72. The number of hydrogen-bond acceptors (Lipinski definition) is 4. The van der Waals surface area contributed by atoms with Gasteiger partial charge >= 0.3 is 0 Å². The third-order valence-electron chi connectivity index (χ3n) is 4.54. The number of amides is 1. The van der Waals surface area contributed by atoms with Gasteiger partial charge in [-0.1, -0.05) is 43.6 Å². The highest BCUT2D eigenvalue weighted by Crippen LogP contribution is 2.36. The fraction of sp³-hybridized carbons (Fsp3) is 0.444. The molecule has 1 N–H and O–H groups in total. The van der Waals surface area contributed by atoms with Crippen molar-refractivity contribution in [3.63, 3.8) is 0 Å². The Labute approximate surface area is 141 Å². The lowest BCUT2D eigenvalue weighted by atomic mass is 9.92. The van der Waals surface area contributed by atoms with Crippen molar-refractivity contribution in [3.05, 3.63) is 46.8 Å². The Morgan fingerprint density at radius 2 is 2.00 bits per heavy atom. The Bertz CT molecular complexity index is 746. The highest BCUT2D eigenvalue weighted by molar-refractivity contribution is 5.96. The van der Waals surface area contributed by atoms with Crippen molar-refractivity contribution in [3.8, 4) is 0 Å². The molecule has 0 spiro atoms. The van der Waals surface area contributed by atoms with Crippen LogP contribution in [0.1, 0.15) is 38.4 Å². The summed E-state index contributed by atoms with van der Waals surface area (Å²) in [6.45, 7) is 8.42. The second-order valence-corrected chi connectivity index (χ2v) is 7.47. The number of hydrogen-bond donors (Lipinski definition) is 1. The van der Waals surface area contributed by atoms with Crippen LogP contribution in [0, 0.1) is 12.1 Å². The first-order valence-corrected chi connectivity index (χ1v) is 8.14. The second-order valence-electron chi connectivity index (χ2n) is 7.47. The van der Waals surface area contributed by atoms with Crippen LogP contribution >= 0.6 is 0 Å². The van der Waals surface area contributed by atoms with E-state index >= 15 is 0 Å². The van der Waals surface area contributed by atoms with Crippen LogP contribution in [0.15, 0.2) is 34.9 Å². The first-order chi connectivity index (χ1) is 11.2. The van der Waals surface area contributed by atoms with Gasteiger partial charge in [0.2, 0.25) is 5.88 Å². The van der Waals surface area contributed by atoms with Crippen LogP contribution in [-0.2, 0) is 10.2 Å². The van der Waals surface area contributed by atoms with E-state index in [0.29, 0.717) is 18.7 Å². The molecule has 0 bridgehead atoms. The quantitative estimate of drug-likeness (QED) is 0.690. The Kier molecular flexibility index (Phi) is 3.97. The molecular weight excluding hydrogens is 306 g/mol. The molecule has 0 radical (unpaired) electrons. The van der Waals surface area contributed by atoms with Gasteiger partial charge in [-0.3, -0.25) is 10.1 Å². The lowest BCUT2D eigenvalue weighted by molar-refractivity contribution is -0.123. The summed E-state index contributed by atoms with van der Waals surface area (Å²) in [5, 5.41) is 19.7. The lowest BCUT2D eigenvalue weighted by Gasteiger charge is -2.54. The van der Waals surface area contributed by atoms with Crippen molar-refractivity contribution in [1.82, 2.24) is 9.80 Å². The molecule has 1 aliphatic rings. The third-order valence-corrected chi connectivity index (χ3v) is 4.54. The molecule has 1 unspecified atom stereocenters. The molecule has 6 nitrogen and oxygen atoms in total. The van der Waals surface area contributed by atoms with E-state index in [1.165, 1.54) is 0 Å². The van der Waals surface area contributed by atoms with Gasteiger partial charge in [0.15, 0.2) is 6.04 Å². The molecule has 1 amide bonds. The molecule has 1 fully saturated rings. The molecule has 3 rings (SSSR count). The SMILES string of the molecule is Cc1ccc([N+]2([O-])CC[C@H]2C(=O)Nc2cc(C(C)(C)C)no2)cc1. The predicted octanol–water partition coefficient (Wildman–Crippen LogP) is 3.50. The zero-order valence-corrected chi connectivity index (χ0v) is 14.5. The largest absolute Gasteiger partial charge is 0.627 e. The molecule has 2 heterocycles. The number of aromatic nitrogens is 1. The first-order valence-electron chi connectivity index (χ1n) is 8.14. The number of hydroxylamine groups is 2. The van der Waals surface area contributed by atoms with Gasteiger partial charge in [-0.2, -0.15) is 0 Å². The molecule has 2 atom stereocenters. The number of anilines is 1. The molecule has 1 saturated heterocycles. The van der Waals surface area contributed by atoms with E-state index in [1.807, 2.05) is 39.8 Å². The van der Waals surface area contributed by atoms with Crippen molar-refractivity contribution in [1.29, 1.82) is 0 Å². The highest BCUT2D eigenvalue weighted by atomic mass is 16.6. The smallest absolute Gasteiger partial charge is 0.286 e. The summed E-state index contributed by atoms with van der Waals surface area (Å²) in [5.41, 5.74) is 2.29. The Balaban J connectivity index is 1.73. The molecule has 0 aliphatic carbocycles. The fourth-order valence-electron chi connectivity index (χ4n) is 2.81. The number of rotatable bonds is 3. The summed E-state index contributed by atoms with van der Waals surface area (Å²) in [6.07, 6.45) is 0.559. The minimum atomic E-state index is -0.657.